The monoisotopic (exact) mass is 372 g/mol. The molecule has 0 saturated heterocycles. The van der Waals surface area contributed by atoms with E-state index in [-0.39, 0.29) is 35.4 Å². The molecular weight excluding hydrogens is 347 g/mol. The second-order valence-corrected chi connectivity index (χ2v) is 7.51. The van der Waals surface area contributed by atoms with Crippen molar-refractivity contribution in [3.05, 3.63) is 30.3 Å². The molecular formula is C18H26Cl2N2O2. The summed E-state index contributed by atoms with van der Waals surface area (Å²) in [4.78, 5) is 16.7. The molecule has 4 atom stereocenters. The molecule has 0 heterocycles. The van der Waals surface area contributed by atoms with Crippen LogP contribution in [0.3, 0.4) is 0 Å². The lowest BCUT2D eigenvalue weighted by Crippen LogP contribution is -2.57. The van der Waals surface area contributed by atoms with Crippen molar-refractivity contribution in [2.24, 2.45) is 0 Å². The summed E-state index contributed by atoms with van der Waals surface area (Å²) in [5, 5.41) is -0.324. The minimum Gasteiger partial charge on any atom is -0.375 e. The Kier molecular flexibility index (Phi) is 7.35. The number of alkyl halides is 2. The van der Waals surface area contributed by atoms with Gasteiger partial charge in [0.15, 0.2) is 0 Å². The van der Waals surface area contributed by atoms with Crippen LogP contribution in [-0.4, -0.2) is 61.5 Å². The van der Waals surface area contributed by atoms with Gasteiger partial charge in [0.2, 0.25) is 0 Å². The normalized spacial score (nSPS) is 27.8. The average molecular weight is 373 g/mol. The average Bonchev–Trinajstić information content (AvgIpc) is 2.69. The van der Waals surface area contributed by atoms with Crippen molar-refractivity contribution >= 4 is 34.8 Å². The summed E-state index contributed by atoms with van der Waals surface area (Å²) in [5.74, 6) is -0.0579. The van der Waals surface area contributed by atoms with Crippen molar-refractivity contribution in [1.82, 2.24) is 4.90 Å². The highest BCUT2D eigenvalue weighted by atomic mass is 35.5. The molecule has 1 saturated carbocycles. The van der Waals surface area contributed by atoms with Gasteiger partial charge in [-0.25, -0.2) is 0 Å². The molecule has 134 valence electrons. The van der Waals surface area contributed by atoms with Crippen LogP contribution >= 0.6 is 23.2 Å². The fraction of sp³-hybridized carbons (Fsp3) is 0.611. The van der Waals surface area contributed by atoms with E-state index < -0.39 is 0 Å². The van der Waals surface area contributed by atoms with E-state index >= 15 is 0 Å². The Bertz CT molecular complexity index is 527. The van der Waals surface area contributed by atoms with Crippen molar-refractivity contribution in [3.8, 4) is 0 Å². The van der Waals surface area contributed by atoms with E-state index in [4.69, 9.17) is 27.9 Å². The second kappa shape index (κ2) is 9.04. The number of para-hydroxylation sites is 1. The minimum atomic E-state index is -0.226. The van der Waals surface area contributed by atoms with Crippen LogP contribution in [0.5, 0.6) is 0 Å². The SMILES string of the molecule is COCC(=O)N(c1ccccc1)C1CCCC(Cl)C(Cl)C1N(C)C. The maximum atomic E-state index is 12.8. The van der Waals surface area contributed by atoms with Crippen LogP contribution in [0.1, 0.15) is 19.3 Å². The van der Waals surface area contributed by atoms with Crippen molar-refractivity contribution in [1.29, 1.82) is 0 Å². The van der Waals surface area contributed by atoms with Gasteiger partial charge in [-0.3, -0.25) is 4.79 Å². The Morgan fingerprint density at radius 1 is 1.21 bits per heavy atom. The van der Waals surface area contributed by atoms with E-state index in [1.54, 1.807) is 0 Å². The van der Waals surface area contributed by atoms with E-state index in [9.17, 15) is 4.79 Å². The van der Waals surface area contributed by atoms with Crippen LogP contribution in [0.25, 0.3) is 0 Å². The molecule has 4 unspecified atom stereocenters. The zero-order valence-electron chi connectivity index (χ0n) is 14.5. The minimum absolute atomic E-state index is 0.0299. The zero-order chi connectivity index (χ0) is 17.7. The van der Waals surface area contributed by atoms with Crippen LogP contribution in [0.15, 0.2) is 30.3 Å². The number of nitrogens with zero attached hydrogens (tertiary/aromatic N) is 2. The summed E-state index contributed by atoms with van der Waals surface area (Å²) in [7, 11) is 5.52. The molecule has 0 aliphatic heterocycles. The predicted octanol–water partition coefficient (Wildman–Crippen LogP) is 3.36. The summed E-state index contributed by atoms with van der Waals surface area (Å²) in [5.41, 5.74) is 0.869. The van der Waals surface area contributed by atoms with Gasteiger partial charge in [0, 0.05) is 18.8 Å². The highest BCUT2D eigenvalue weighted by Crippen LogP contribution is 2.34. The number of carbonyl (C=O) groups is 1. The molecule has 0 radical (unpaired) electrons. The number of hydrogen-bond acceptors (Lipinski definition) is 3. The second-order valence-electron chi connectivity index (χ2n) is 6.45. The molecule has 24 heavy (non-hydrogen) atoms. The smallest absolute Gasteiger partial charge is 0.253 e. The first kappa shape index (κ1) is 19.5. The van der Waals surface area contributed by atoms with Gasteiger partial charge in [0.05, 0.1) is 16.8 Å². The van der Waals surface area contributed by atoms with Gasteiger partial charge in [0.1, 0.15) is 6.61 Å². The maximum absolute atomic E-state index is 12.8. The van der Waals surface area contributed by atoms with Gasteiger partial charge < -0.3 is 14.5 Å². The maximum Gasteiger partial charge on any atom is 0.253 e. The van der Waals surface area contributed by atoms with Crippen molar-refractivity contribution in [3.63, 3.8) is 0 Å². The Balaban J connectivity index is 2.43. The molecule has 2 rings (SSSR count). The zero-order valence-corrected chi connectivity index (χ0v) is 16.0. The number of methoxy groups -OCH3 is 1. The van der Waals surface area contributed by atoms with E-state index in [0.29, 0.717) is 0 Å². The standard InChI is InChI=1S/C18H26Cl2N2O2/c1-21(2)18-15(11-7-10-14(19)17(18)20)22(16(23)12-24-3)13-8-5-4-6-9-13/h4-6,8-9,14-15,17-18H,7,10-12H2,1-3H3. The molecule has 1 aromatic rings. The van der Waals surface area contributed by atoms with Gasteiger partial charge in [-0.2, -0.15) is 0 Å². The Hall–Kier alpha value is -0.810. The summed E-state index contributed by atoms with van der Waals surface area (Å²) >= 11 is 13.2. The van der Waals surface area contributed by atoms with Gasteiger partial charge >= 0.3 is 0 Å². The Labute approximate surface area is 154 Å². The number of anilines is 1. The fourth-order valence-corrected chi connectivity index (χ4v) is 4.31. The molecule has 0 N–H and O–H groups in total. The van der Waals surface area contributed by atoms with Gasteiger partial charge in [0.25, 0.3) is 5.91 Å². The highest BCUT2D eigenvalue weighted by Gasteiger charge is 2.41. The van der Waals surface area contributed by atoms with E-state index in [1.165, 1.54) is 7.11 Å². The third-order valence-corrected chi connectivity index (χ3v) is 5.73. The summed E-state index contributed by atoms with van der Waals surface area (Å²) < 4.78 is 5.11. The molecule has 1 aromatic carbocycles. The largest absolute Gasteiger partial charge is 0.375 e. The summed E-state index contributed by atoms with van der Waals surface area (Å²) in [6, 6.07) is 9.64. The van der Waals surface area contributed by atoms with Crippen LogP contribution in [0, 0.1) is 0 Å². The van der Waals surface area contributed by atoms with Gasteiger partial charge in [-0.1, -0.05) is 18.2 Å². The number of amides is 1. The third kappa shape index (κ3) is 4.42. The Morgan fingerprint density at radius 3 is 2.46 bits per heavy atom. The number of halogens is 2. The van der Waals surface area contributed by atoms with Crippen molar-refractivity contribution < 1.29 is 9.53 Å². The number of ether oxygens (including phenoxy) is 1. The lowest BCUT2D eigenvalue weighted by Gasteiger charge is -2.41. The number of rotatable bonds is 5. The lowest BCUT2D eigenvalue weighted by molar-refractivity contribution is -0.123. The predicted molar refractivity (Wildman–Crippen MR) is 100 cm³/mol. The molecule has 0 bridgehead atoms. The number of hydrogen-bond donors (Lipinski definition) is 0. The lowest BCUT2D eigenvalue weighted by atomic mass is 9.98. The molecule has 4 nitrogen and oxygen atoms in total. The molecule has 0 spiro atoms. The van der Waals surface area contributed by atoms with E-state index in [0.717, 1.165) is 24.9 Å². The van der Waals surface area contributed by atoms with E-state index in [1.807, 2.05) is 49.3 Å². The van der Waals surface area contributed by atoms with Crippen LogP contribution < -0.4 is 4.90 Å². The van der Waals surface area contributed by atoms with Crippen LogP contribution in [0.4, 0.5) is 5.69 Å². The first-order valence-electron chi connectivity index (χ1n) is 8.28. The van der Waals surface area contributed by atoms with Crippen LogP contribution in [-0.2, 0) is 9.53 Å². The molecule has 1 fully saturated rings. The van der Waals surface area contributed by atoms with Gasteiger partial charge in [-0.05, 0) is 45.5 Å². The quantitative estimate of drug-likeness (QED) is 0.586. The fourth-order valence-electron chi connectivity index (χ4n) is 3.49. The van der Waals surface area contributed by atoms with Crippen molar-refractivity contribution in [2.75, 3.05) is 32.7 Å². The Morgan fingerprint density at radius 2 is 1.88 bits per heavy atom. The number of likely N-dealkylation sites (N-methyl/N-ethyl adjacent to an activating group) is 1. The molecule has 1 amide bonds. The molecule has 1 aliphatic carbocycles. The van der Waals surface area contributed by atoms with E-state index in [2.05, 4.69) is 4.90 Å². The molecule has 0 aromatic heterocycles. The van der Waals surface area contributed by atoms with Crippen LogP contribution in [0.2, 0.25) is 0 Å². The van der Waals surface area contributed by atoms with Crippen molar-refractivity contribution in [2.45, 2.75) is 42.1 Å². The first-order chi connectivity index (χ1) is 11.5. The summed E-state index contributed by atoms with van der Waals surface area (Å²) in [6.45, 7) is 0.0444. The molecule has 6 heteroatoms. The topological polar surface area (TPSA) is 32.8 Å². The highest BCUT2D eigenvalue weighted by molar-refractivity contribution is 6.30. The number of carbonyl (C=O) groups excluding carboxylic acids is 1. The summed E-state index contributed by atoms with van der Waals surface area (Å²) in [6.07, 6.45) is 2.66. The molecule has 1 aliphatic rings. The number of benzene rings is 1. The van der Waals surface area contributed by atoms with Gasteiger partial charge in [-0.15, -0.1) is 23.2 Å². The third-order valence-electron chi connectivity index (χ3n) is 4.54. The first-order valence-corrected chi connectivity index (χ1v) is 9.15.